The second kappa shape index (κ2) is 6.59. The molecule has 0 aromatic carbocycles. The summed E-state index contributed by atoms with van der Waals surface area (Å²) in [5.74, 6) is -0.0538. The number of alkyl halides is 1. The molecule has 5 nitrogen and oxygen atoms in total. The molecule has 1 fully saturated rings. The number of carbonyl (C=O) groups is 2. The Morgan fingerprint density at radius 3 is 2.21 bits per heavy atom. The summed E-state index contributed by atoms with van der Waals surface area (Å²) in [4.78, 5) is 24.7. The first-order valence-electron chi connectivity index (χ1n) is 6.44. The van der Waals surface area contributed by atoms with Crippen LogP contribution in [0.2, 0.25) is 0 Å². The Bertz CT molecular complexity index is 332. The van der Waals surface area contributed by atoms with Crippen LogP contribution in [0.1, 0.15) is 33.6 Å². The van der Waals surface area contributed by atoms with E-state index in [2.05, 4.69) is 15.9 Å². The lowest BCUT2D eigenvalue weighted by Crippen LogP contribution is -2.44. The lowest BCUT2D eigenvalue weighted by atomic mass is 9.94. The van der Waals surface area contributed by atoms with Crippen molar-refractivity contribution in [1.29, 1.82) is 0 Å². The van der Waals surface area contributed by atoms with Crippen LogP contribution in [0.15, 0.2) is 0 Å². The largest absolute Gasteiger partial charge is 0.468 e. The molecule has 1 heterocycles. The molecule has 19 heavy (non-hydrogen) atoms. The van der Waals surface area contributed by atoms with Crippen LogP contribution in [0.5, 0.6) is 0 Å². The van der Waals surface area contributed by atoms with Gasteiger partial charge in [0.1, 0.15) is 10.4 Å². The minimum absolute atomic E-state index is 0.200. The zero-order chi connectivity index (χ0) is 14.6. The van der Waals surface area contributed by atoms with Crippen molar-refractivity contribution < 1.29 is 19.1 Å². The summed E-state index contributed by atoms with van der Waals surface area (Å²) >= 11 is 3.36. The van der Waals surface area contributed by atoms with Gasteiger partial charge in [-0.3, -0.25) is 4.79 Å². The Morgan fingerprint density at radius 2 is 1.79 bits per heavy atom. The van der Waals surface area contributed by atoms with Crippen molar-refractivity contribution in [2.45, 2.75) is 44.0 Å². The maximum Gasteiger partial charge on any atom is 0.410 e. The van der Waals surface area contributed by atoms with Gasteiger partial charge in [0.15, 0.2) is 0 Å². The number of carbonyl (C=O) groups excluding carboxylic acids is 2. The third-order valence-corrected chi connectivity index (χ3v) is 4.15. The van der Waals surface area contributed by atoms with E-state index in [0.717, 1.165) is 12.8 Å². The Kier molecular flexibility index (Phi) is 5.64. The van der Waals surface area contributed by atoms with Gasteiger partial charge < -0.3 is 14.4 Å². The highest BCUT2D eigenvalue weighted by Crippen LogP contribution is 2.27. The van der Waals surface area contributed by atoms with E-state index in [1.807, 2.05) is 20.8 Å². The zero-order valence-corrected chi connectivity index (χ0v) is 13.5. The first kappa shape index (κ1) is 16.3. The smallest absolute Gasteiger partial charge is 0.410 e. The van der Waals surface area contributed by atoms with E-state index in [0.29, 0.717) is 13.1 Å². The molecule has 0 bridgehead atoms. The van der Waals surface area contributed by atoms with Gasteiger partial charge in [0.25, 0.3) is 0 Å². The van der Waals surface area contributed by atoms with Gasteiger partial charge in [0.05, 0.1) is 7.11 Å². The van der Waals surface area contributed by atoms with E-state index in [9.17, 15) is 9.59 Å². The van der Waals surface area contributed by atoms with Gasteiger partial charge in [-0.15, -0.1) is 0 Å². The number of likely N-dealkylation sites (tertiary alicyclic amines) is 1. The van der Waals surface area contributed by atoms with Crippen LogP contribution >= 0.6 is 15.9 Å². The topological polar surface area (TPSA) is 55.8 Å². The van der Waals surface area contributed by atoms with Gasteiger partial charge in [-0.1, -0.05) is 15.9 Å². The van der Waals surface area contributed by atoms with Crippen LogP contribution in [0, 0.1) is 5.92 Å². The van der Waals surface area contributed by atoms with Gasteiger partial charge in [-0.05, 0) is 39.5 Å². The van der Waals surface area contributed by atoms with Crippen molar-refractivity contribution in [2.75, 3.05) is 20.2 Å². The van der Waals surface area contributed by atoms with Crippen LogP contribution < -0.4 is 0 Å². The molecule has 6 heteroatoms. The molecule has 1 aliphatic heterocycles. The van der Waals surface area contributed by atoms with Crippen molar-refractivity contribution in [3.05, 3.63) is 0 Å². The number of ether oxygens (including phenoxy) is 2. The number of hydrogen-bond acceptors (Lipinski definition) is 4. The molecule has 1 aliphatic rings. The van der Waals surface area contributed by atoms with E-state index in [-0.39, 0.29) is 22.8 Å². The predicted octanol–water partition coefficient (Wildman–Crippen LogP) is 2.57. The summed E-state index contributed by atoms with van der Waals surface area (Å²) in [6.45, 7) is 6.77. The molecular formula is C13H22BrNO4. The average molecular weight is 336 g/mol. The standard InChI is InChI=1S/C13H22BrNO4/c1-13(2,3)19-12(17)15-7-5-9(6-8-15)10(14)11(16)18-4/h9-10H,5-8H2,1-4H3/t10-/m1/s1. The molecule has 0 saturated carbocycles. The maximum atomic E-state index is 11.9. The highest BCUT2D eigenvalue weighted by molar-refractivity contribution is 9.10. The Balaban J connectivity index is 2.45. The van der Waals surface area contributed by atoms with Crippen LogP contribution in [-0.2, 0) is 14.3 Å². The Hall–Kier alpha value is -0.780. The number of esters is 1. The molecule has 1 amide bonds. The van der Waals surface area contributed by atoms with E-state index in [1.165, 1.54) is 7.11 Å². The number of halogens is 1. The summed E-state index contributed by atoms with van der Waals surface area (Å²) in [7, 11) is 1.38. The highest BCUT2D eigenvalue weighted by atomic mass is 79.9. The second-order valence-corrected chi connectivity index (χ2v) is 6.72. The highest BCUT2D eigenvalue weighted by Gasteiger charge is 2.32. The predicted molar refractivity (Wildman–Crippen MR) is 75.3 cm³/mol. The van der Waals surface area contributed by atoms with Crippen LogP contribution in [0.3, 0.4) is 0 Å². The normalized spacial score (nSPS) is 18.9. The molecule has 0 spiro atoms. The van der Waals surface area contributed by atoms with Gasteiger partial charge in [-0.25, -0.2) is 4.79 Å². The number of amides is 1. The lowest BCUT2D eigenvalue weighted by molar-refractivity contribution is -0.141. The summed E-state index contributed by atoms with van der Waals surface area (Å²) in [5.41, 5.74) is -0.474. The van der Waals surface area contributed by atoms with E-state index < -0.39 is 5.60 Å². The van der Waals surface area contributed by atoms with Gasteiger partial charge in [0.2, 0.25) is 0 Å². The van der Waals surface area contributed by atoms with E-state index >= 15 is 0 Å². The fraction of sp³-hybridized carbons (Fsp3) is 0.846. The minimum Gasteiger partial charge on any atom is -0.468 e. The third-order valence-electron chi connectivity index (χ3n) is 3.03. The molecule has 1 atom stereocenters. The second-order valence-electron chi connectivity index (χ2n) is 5.73. The first-order valence-corrected chi connectivity index (χ1v) is 7.36. The molecular weight excluding hydrogens is 314 g/mol. The molecule has 0 unspecified atom stereocenters. The summed E-state index contributed by atoms with van der Waals surface area (Å²) in [6, 6.07) is 0. The van der Waals surface area contributed by atoms with Crippen LogP contribution in [-0.4, -0.2) is 47.6 Å². The first-order chi connectivity index (χ1) is 8.74. The zero-order valence-electron chi connectivity index (χ0n) is 11.9. The molecule has 0 N–H and O–H groups in total. The SMILES string of the molecule is COC(=O)[C@H](Br)C1CCN(C(=O)OC(C)(C)C)CC1. The third kappa shape index (κ3) is 5.01. The summed E-state index contributed by atoms with van der Waals surface area (Å²) in [6.07, 6.45) is 1.25. The molecule has 0 aromatic heterocycles. The molecule has 0 aliphatic carbocycles. The monoisotopic (exact) mass is 335 g/mol. The van der Waals surface area contributed by atoms with Crippen LogP contribution in [0.4, 0.5) is 4.79 Å². The van der Waals surface area contributed by atoms with Crippen molar-refractivity contribution in [3.8, 4) is 0 Å². The van der Waals surface area contributed by atoms with Gasteiger partial charge in [-0.2, -0.15) is 0 Å². The van der Waals surface area contributed by atoms with E-state index in [4.69, 9.17) is 9.47 Å². The van der Waals surface area contributed by atoms with Crippen molar-refractivity contribution in [1.82, 2.24) is 4.90 Å². The van der Waals surface area contributed by atoms with Crippen LogP contribution in [0.25, 0.3) is 0 Å². The fourth-order valence-electron chi connectivity index (χ4n) is 2.01. The van der Waals surface area contributed by atoms with Crippen molar-refractivity contribution >= 4 is 28.0 Å². The number of hydrogen-bond donors (Lipinski definition) is 0. The quantitative estimate of drug-likeness (QED) is 0.574. The van der Waals surface area contributed by atoms with E-state index in [1.54, 1.807) is 4.90 Å². The number of nitrogens with zero attached hydrogens (tertiary/aromatic N) is 1. The van der Waals surface area contributed by atoms with Gasteiger partial charge >= 0.3 is 12.1 Å². The molecule has 0 radical (unpaired) electrons. The van der Waals surface area contributed by atoms with Gasteiger partial charge in [0, 0.05) is 13.1 Å². The summed E-state index contributed by atoms with van der Waals surface area (Å²) in [5, 5.41) is 0. The summed E-state index contributed by atoms with van der Waals surface area (Å²) < 4.78 is 10.0. The Labute approximate surface area is 122 Å². The fourth-order valence-corrected chi connectivity index (χ4v) is 2.72. The lowest BCUT2D eigenvalue weighted by Gasteiger charge is -2.34. The molecule has 1 rings (SSSR count). The van der Waals surface area contributed by atoms with Crippen molar-refractivity contribution in [2.24, 2.45) is 5.92 Å². The maximum absolute atomic E-state index is 11.9. The number of rotatable bonds is 2. The Morgan fingerprint density at radius 1 is 1.26 bits per heavy atom. The average Bonchev–Trinajstić information content (AvgIpc) is 2.35. The molecule has 1 saturated heterocycles. The minimum atomic E-state index is -0.474. The number of methoxy groups -OCH3 is 1. The number of piperidine rings is 1. The van der Waals surface area contributed by atoms with Crippen molar-refractivity contribution in [3.63, 3.8) is 0 Å². The molecule has 0 aromatic rings. The molecule has 110 valence electrons.